The standard InChI is InChI=1S/C14H23N5O2/c1-4-15-13-8-7-12(19(20)21)14(16-13)18(3)10-11-6-5-9-17(11)2/h7-8,11H,4-6,9-10H2,1-3H3,(H,15,16). The molecule has 0 aromatic carbocycles. The lowest BCUT2D eigenvalue weighted by Gasteiger charge is -2.26. The minimum atomic E-state index is -0.368. The van der Waals surface area contributed by atoms with E-state index in [4.69, 9.17) is 0 Å². The number of nitrogens with one attached hydrogen (secondary N) is 1. The number of aromatic nitrogens is 1. The number of likely N-dealkylation sites (tertiary alicyclic amines) is 1. The Morgan fingerprint density at radius 1 is 1.57 bits per heavy atom. The Balaban J connectivity index is 2.22. The van der Waals surface area contributed by atoms with Crippen molar-refractivity contribution in [3.05, 3.63) is 22.2 Å². The summed E-state index contributed by atoms with van der Waals surface area (Å²) in [7, 11) is 3.97. The second kappa shape index (κ2) is 6.71. The van der Waals surface area contributed by atoms with Crippen molar-refractivity contribution < 1.29 is 4.92 Å². The molecule has 116 valence electrons. The van der Waals surface area contributed by atoms with Gasteiger partial charge in [0.1, 0.15) is 5.82 Å². The van der Waals surface area contributed by atoms with Gasteiger partial charge in [-0.1, -0.05) is 0 Å². The molecule has 2 rings (SSSR count). The first-order chi connectivity index (χ1) is 10.0. The summed E-state index contributed by atoms with van der Waals surface area (Å²) in [5.74, 6) is 1.10. The van der Waals surface area contributed by atoms with Crippen molar-refractivity contribution in [2.24, 2.45) is 0 Å². The normalized spacial score (nSPS) is 18.7. The molecule has 1 N–H and O–H groups in total. The largest absolute Gasteiger partial charge is 0.370 e. The van der Waals surface area contributed by atoms with Crippen LogP contribution in [-0.2, 0) is 0 Å². The highest BCUT2D eigenvalue weighted by atomic mass is 16.6. The summed E-state index contributed by atoms with van der Waals surface area (Å²) in [6.07, 6.45) is 2.31. The summed E-state index contributed by atoms with van der Waals surface area (Å²) in [6.45, 7) is 4.55. The lowest BCUT2D eigenvalue weighted by Crippen LogP contribution is -2.37. The first kappa shape index (κ1) is 15.5. The minimum absolute atomic E-state index is 0.0554. The fourth-order valence-electron chi connectivity index (χ4n) is 2.76. The maximum atomic E-state index is 11.2. The van der Waals surface area contributed by atoms with E-state index in [9.17, 15) is 10.1 Å². The number of hydrogen-bond donors (Lipinski definition) is 1. The molecule has 0 saturated carbocycles. The molecule has 7 nitrogen and oxygen atoms in total. The van der Waals surface area contributed by atoms with Crippen LogP contribution in [0.2, 0.25) is 0 Å². The van der Waals surface area contributed by atoms with Crippen LogP contribution in [0.4, 0.5) is 17.3 Å². The van der Waals surface area contributed by atoms with Gasteiger partial charge >= 0.3 is 5.69 Å². The van der Waals surface area contributed by atoms with E-state index < -0.39 is 0 Å². The van der Waals surface area contributed by atoms with Crippen LogP contribution >= 0.6 is 0 Å². The zero-order valence-electron chi connectivity index (χ0n) is 12.9. The van der Waals surface area contributed by atoms with E-state index in [-0.39, 0.29) is 10.6 Å². The molecule has 0 radical (unpaired) electrons. The highest BCUT2D eigenvalue weighted by Gasteiger charge is 2.26. The highest BCUT2D eigenvalue weighted by molar-refractivity contribution is 5.61. The van der Waals surface area contributed by atoms with E-state index in [0.717, 1.165) is 26.1 Å². The number of hydrogen-bond acceptors (Lipinski definition) is 6. The van der Waals surface area contributed by atoms with Crippen molar-refractivity contribution in [3.8, 4) is 0 Å². The van der Waals surface area contributed by atoms with Crippen molar-refractivity contribution in [1.82, 2.24) is 9.88 Å². The smallest absolute Gasteiger partial charge is 0.311 e. The van der Waals surface area contributed by atoms with E-state index >= 15 is 0 Å². The Morgan fingerprint density at radius 3 is 2.90 bits per heavy atom. The first-order valence-electron chi connectivity index (χ1n) is 7.33. The van der Waals surface area contributed by atoms with Crippen molar-refractivity contribution >= 4 is 17.3 Å². The molecule has 1 atom stereocenters. The zero-order valence-corrected chi connectivity index (χ0v) is 12.9. The number of nitrogens with zero attached hydrogens (tertiary/aromatic N) is 4. The molecule has 0 amide bonds. The predicted octanol–water partition coefficient (Wildman–Crippen LogP) is 1.95. The molecule has 21 heavy (non-hydrogen) atoms. The van der Waals surface area contributed by atoms with Crippen molar-refractivity contribution in [2.75, 3.05) is 43.9 Å². The lowest BCUT2D eigenvalue weighted by atomic mass is 10.2. The summed E-state index contributed by atoms with van der Waals surface area (Å²) in [4.78, 5) is 19.4. The van der Waals surface area contributed by atoms with Gasteiger partial charge in [0.15, 0.2) is 0 Å². The maximum Gasteiger partial charge on any atom is 0.311 e. The third-order valence-electron chi connectivity index (χ3n) is 3.93. The summed E-state index contributed by atoms with van der Waals surface area (Å²) in [6, 6.07) is 3.61. The van der Waals surface area contributed by atoms with Gasteiger partial charge in [0, 0.05) is 32.2 Å². The maximum absolute atomic E-state index is 11.2. The molecule has 1 saturated heterocycles. The van der Waals surface area contributed by atoms with Gasteiger partial charge in [-0.3, -0.25) is 10.1 Å². The minimum Gasteiger partial charge on any atom is -0.370 e. The average molecular weight is 293 g/mol. The van der Waals surface area contributed by atoms with Gasteiger partial charge in [-0.2, -0.15) is 0 Å². The Kier molecular flexibility index (Phi) is 4.95. The molecule has 0 aliphatic carbocycles. The van der Waals surface area contributed by atoms with E-state index in [0.29, 0.717) is 17.7 Å². The van der Waals surface area contributed by atoms with E-state index in [1.54, 1.807) is 6.07 Å². The van der Waals surface area contributed by atoms with Crippen LogP contribution in [0.5, 0.6) is 0 Å². The summed E-state index contributed by atoms with van der Waals surface area (Å²) < 4.78 is 0. The van der Waals surface area contributed by atoms with Gasteiger partial charge in [0.2, 0.25) is 5.82 Å². The average Bonchev–Trinajstić information content (AvgIpc) is 2.84. The fourth-order valence-corrected chi connectivity index (χ4v) is 2.76. The third-order valence-corrected chi connectivity index (χ3v) is 3.93. The SMILES string of the molecule is CCNc1ccc([N+](=O)[O-])c(N(C)CC2CCCN2C)n1. The van der Waals surface area contributed by atoms with Crippen molar-refractivity contribution in [1.29, 1.82) is 0 Å². The van der Waals surface area contributed by atoms with Gasteiger partial charge in [-0.25, -0.2) is 4.98 Å². The number of rotatable bonds is 6. The molecule has 0 spiro atoms. The number of anilines is 2. The predicted molar refractivity (Wildman–Crippen MR) is 84.0 cm³/mol. The molecular formula is C14H23N5O2. The molecule has 1 aliphatic heterocycles. The second-order valence-corrected chi connectivity index (χ2v) is 5.48. The lowest BCUT2D eigenvalue weighted by molar-refractivity contribution is -0.384. The van der Waals surface area contributed by atoms with Crippen LogP contribution in [0.1, 0.15) is 19.8 Å². The molecule has 1 fully saturated rings. The van der Waals surface area contributed by atoms with Crippen LogP contribution < -0.4 is 10.2 Å². The van der Waals surface area contributed by atoms with Crippen molar-refractivity contribution in [2.45, 2.75) is 25.8 Å². The van der Waals surface area contributed by atoms with Gasteiger partial charge in [-0.05, 0) is 39.4 Å². The second-order valence-electron chi connectivity index (χ2n) is 5.48. The van der Waals surface area contributed by atoms with Gasteiger partial charge < -0.3 is 15.1 Å². The molecule has 1 aromatic rings. The third kappa shape index (κ3) is 3.60. The quantitative estimate of drug-likeness (QED) is 0.638. The van der Waals surface area contributed by atoms with E-state index in [2.05, 4.69) is 22.2 Å². The van der Waals surface area contributed by atoms with Gasteiger partial charge in [0.25, 0.3) is 0 Å². The van der Waals surface area contributed by atoms with Crippen LogP contribution in [0.15, 0.2) is 12.1 Å². The number of nitro groups is 1. The molecule has 1 aliphatic rings. The molecular weight excluding hydrogens is 270 g/mol. The molecule has 2 heterocycles. The van der Waals surface area contributed by atoms with Crippen LogP contribution in [0, 0.1) is 10.1 Å². The summed E-state index contributed by atoms with van der Waals surface area (Å²) in [5, 5.41) is 14.3. The van der Waals surface area contributed by atoms with Crippen LogP contribution in [0.25, 0.3) is 0 Å². The molecule has 1 unspecified atom stereocenters. The van der Waals surface area contributed by atoms with Gasteiger partial charge in [0.05, 0.1) is 4.92 Å². The Morgan fingerprint density at radius 2 is 2.33 bits per heavy atom. The Bertz CT molecular complexity index is 508. The Labute approximate surface area is 125 Å². The van der Waals surface area contributed by atoms with Crippen molar-refractivity contribution in [3.63, 3.8) is 0 Å². The highest BCUT2D eigenvalue weighted by Crippen LogP contribution is 2.28. The van der Waals surface area contributed by atoms with E-state index in [1.807, 2.05) is 18.9 Å². The van der Waals surface area contributed by atoms with Gasteiger partial charge in [-0.15, -0.1) is 0 Å². The summed E-state index contributed by atoms with van der Waals surface area (Å²) in [5.41, 5.74) is 0.0554. The number of pyridine rings is 1. The van der Waals surface area contributed by atoms with Crippen LogP contribution in [-0.4, -0.2) is 54.6 Å². The Hall–Kier alpha value is -1.89. The number of likely N-dealkylation sites (N-methyl/N-ethyl adjacent to an activating group) is 2. The van der Waals surface area contributed by atoms with Crippen LogP contribution in [0.3, 0.4) is 0 Å². The summed E-state index contributed by atoms with van der Waals surface area (Å²) >= 11 is 0. The monoisotopic (exact) mass is 293 g/mol. The molecule has 7 heteroatoms. The fraction of sp³-hybridized carbons (Fsp3) is 0.643. The molecule has 0 bridgehead atoms. The van der Waals surface area contributed by atoms with E-state index in [1.165, 1.54) is 12.5 Å². The molecule has 1 aromatic heterocycles. The zero-order chi connectivity index (χ0) is 15.4. The topological polar surface area (TPSA) is 74.5 Å². The first-order valence-corrected chi connectivity index (χ1v) is 7.33.